The van der Waals surface area contributed by atoms with E-state index in [4.69, 9.17) is 23.8 Å². The predicted molar refractivity (Wildman–Crippen MR) is 111 cm³/mol. The van der Waals surface area contributed by atoms with Crippen molar-refractivity contribution in [3.8, 4) is 0 Å². The summed E-state index contributed by atoms with van der Waals surface area (Å²) in [6, 6.07) is 13.2. The number of benzene rings is 2. The molecule has 0 bridgehead atoms. The second-order valence-electron chi connectivity index (χ2n) is 7.18. The molecule has 0 saturated heterocycles. The van der Waals surface area contributed by atoms with Crippen molar-refractivity contribution in [3.05, 3.63) is 64.4 Å². The molecule has 1 fully saturated rings. The maximum Gasteiger partial charge on any atom is 0.171 e. The number of anilines is 1. The lowest BCUT2D eigenvalue weighted by Crippen LogP contribution is -2.48. The van der Waals surface area contributed by atoms with Crippen LogP contribution in [0.2, 0.25) is 5.02 Å². The van der Waals surface area contributed by atoms with Gasteiger partial charge in [-0.25, -0.2) is 4.39 Å². The van der Waals surface area contributed by atoms with Crippen LogP contribution in [0, 0.1) is 12.7 Å². The smallest absolute Gasteiger partial charge is 0.171 e. The number of aryl methyl sites for hydroxylation is 2. The normalized spacial score (nSPS) is 15.7. The van der Waals surface area contributed by atoms with Crippen molar-refractivity contribution in [3.63, 3.8) is 0 Å². The Morgan fingerprint density at radius 2 is 1.96 bits per heavy atom. The average molecular weight is 391 g/mol. The highest BCUT2D eigenvalue weighted by Gasteiger charge is 2.34. The highest BCUT2D eigenvalue weighted by atomic mass is 35.5. The van der Waals surface area contributed by atoms with E-state index < -0.39 is 5.82 Å². The first-order chi connectivity index (χ1) is 12.5. The first-order valence-electron chi connectivity index (χ1n) is 9.06. The van der Waals surface area contributed by atoms with Gasteiger partial charge in [0.1, 0.15) is 5.82 Å². The van der Waals surface area contributed by atoms with Gasteiger partial charge in [-0.2, -0.15) is 0 Å². The molecule has 0 heterocycles. The minimum atomic E-state index is -0.429. The molecular weight excluding hydrogens is 367 g/mol. The second-order valence-corrected chi connectivity index (χ2v) is 8.00. The van der Waals surface area contributed by atoms with Gasteiger partial charge in [0.25, 0.3) is 0 Å². The maximum absolute atomic E-state index is 13.3. The summed E-state index contributed by atoms with van der Waals surface area (Å²) < 4.78 is 13.3. The summed E-state index contributed by atoms with van der Waals surface area (Å²) in [7, 11) is 0. The molecule has 0 unspecified atom stereocenters. The lowest BCUT2D eigenvalue weighted by atomic mass is 9.89. The molecule has 2 aromatic rings. The summed E-state index contributed by atoms with van der Waals surface area (Å²) in [6.45, 7) is 2.12. The Kier molecular flexibility index (Phi) is 6.15. The van der Waals surface area contributed by atoms with Crippen molar-refractivity contribution in [2.75, 3.05) is 5.32 Å². The van der Waals surface area contributed by atoms with E-state index in [1.165, 1.54) is 30.0 Å². The first kappa shape index (κ1) is 19.1. The Morgan fingerprint density at radius 3 is 2.65 bits per heavy atom. The van der Waals surface area contributed by atoms with Gasteiger partial charge in [-0.15, -0.1) is 0 Å². The monoisotopic (exact) mass is 390 g/mol. The van der Waals surface area contributed by atoms with E-state index >= 15 is 0 Å². The van der Waals surface area contributed by atoms with E-state index in [1.54, 1.807) is 12.1 Å². The molecule has 2 aromatic carbocycles. The van der Waals surface area contributed by atoms with E-state index in [1.807, 2.05) is 0 Å². The predicted octanol–water partition coefficient (Wildman–Crippen LogP) is 6.02. The Bertz CT molecular complexity index is 787. The minimum Gasteiger partial charge on any atom is -0.357 e. The number of hydrogen-bond donors (Lipinski definition) is 2. The second kappa shape index (κ2) is 8.36. The fraction of sp³-hybridized carbons (Fsp3) is 0.381. The largest absolute Gasteiger partial charge is 0.357 e. The Hall–Kier alpha value is -1.65. The van der Waals surface area contributed by atoms with E-state index in [-0.39, 0.29) is 10.6 Å². The highest BCUT2D eigenvalue weighted by Crippen LogP contribution is 2.34. The van der Waals surface area contributed by atoms with Gasteiger partial charge in [0, 0.05) is 11.2 Å². The van der Waals surface area contributed by atoms with Crippen LogP contribution in [-0.4, -0.2) is 10.7 Å². The van der Waals surface area contributed by atoms with Crippen molar-refractivity contribution in [1.82, 2.24) is 5.32 Å². The molecule has 2 nitrogen and oxygen atoms in total. The fourth-order valence-electron chi connectivity index (χ4n) is 3.72. The Morgan fingerprint density at radius 1 is 1.19 bits per heavy atom. The summed E-state index contributed by atoms with van der Waals surface area (Å²) in [6.07, 6.45) is 6.73. The lowest BCUT2D eigenvalue weighted by Gasteiger charge is -2.32. The zero-order valence-electron chi connectivity index (χ0n) is 14.9. The van der Waals surface area contributed by atoms with E-state index in [0.29, 0.717) is 10.8 Å². The van der Waals surface area contributed by atoms with Gasteiger partial charge >= 0.3 is 0 Å². The zero-order chi connectivity index (χ0) is 18.6. The van der Waals surface area contributed by atoms with E-state index in [0.717, 1.165) is 25.7 Å². The topological polar surface area (TPSA) is 24.1 Å². The van der Waals surface area contributed by atoms with Gasteiger partial charge in [0.15, 0.2) is 5.11 Å². The number of nitrogens with one attached hydrogen (secondary N) is 2. The summed E-state index contributed by atoms with van der Waals surface area (Å²) in [5, 5.41) is 7.34. The molecule has 1 aliphatic carbocycles. The van der Waals surface area contributed by atoms with Crippen LogP contribution < -0.4 is 10.6 Å². The molecule has 138 valence electrons. The van der Waals surface area contributed by atoms with Gasteiger partial charge in [-0.1, -0.05) is 54.3 Å². The fourth-order valence-corrected chi connectivity index (χ4v) is 4.23. The zero-order valence-corrected chi connectivity index (χ0v) is 16.5. The number of rotatable bonds is 5. The van der Waals surface area contributed by atoms with Crippen molar-refractivity contribution in [2.45, 2.75) is 51.0 Å². The average Bonchev–Trinajstić information content (AvgIpc) is 3.05. The van der Waals surface area contributed by atoms with E-state index in [9.17, 15) is 4.39 Å². The molecule has 5 heteroatoms. The molecule has 0 amide bonds. The summed E-state index contributed by atoms with van der Waals surface area (Å²) in [5.74, 6) is -0.429. The van der Waals surface area contributed by atoms with Crippen LogP contribution in [0.5, 0.6) is 0 Å². The third kappa shape index (κ3) is 4.95. The van der Waals surface area contributed by atoms with Gasteiger partial charge in [0.2, 0.25) is 0 Å². The molecular formula is C21H24ClFN2S. The molecule has 0 aromatic heterocycles. The third-order valence-electron chi connectivity index (χ3n) is 5.09. The van der Waals surface area contributed by atoms with Crippen LogP contribution in [0.1, 0.15) is 43.2 Å². The standard InChI is InChI=1S/C21H24ClFN2S/c1-15-5-4-6-16(13-15)9-12-21(10-2-3-11-21)25-20(26)24-17-7-8-19(23)18(22)14-17/h4-8,13-14H,2-3,9-12H2,1H3,(H2,24,25,26). The van der Waals surface area contributed by atoms with Gasteiger partial charge in [0.05, 0.1) is 5.02 Å². The summed E-state index contributed by atoms with van der Waals surface area (Å²) in [4.78, 5) is 0. The van der Waals surface area contributed by atoms with Gasteiger partial charge in [-0.05, 0) is 68.6 Å². The first-order valence-corrected chi connectivity index (χ1v) is 9.84. The molecule has 26 heavy (non-hydrogen) atoms. The molecule has 2 N–H and O–H groups in total. The van der Waals surface area contributed by atoms with E-state index in [2.05, 4.69) is 41.8 Å². The minimum absolute atomic E-state index is 0.0255. The molecule has 0 atom stereocenters. The quantitative estimate of drug-likeness (QED) is 0.610. The Labute approximate surface area is 165 Å². The SMILES string of the molecule is Cc1cccc(CCC2(NC(=S)Nc3ccc(F)c(Cl)c3)CCCC2)c1. The van der Waals surface area contributed by atoms with Crippen molar-refractivity contribution in [2.24, 2.45) is 0 Å². The third-order valence-corrected chi connectivity index (χ3v) is 5.59. The molecule has 0 spiro atoms. The van der Waals surface area contributed by atoms with Crippen LogP contribution in [0.15, 0.2) is 42.5 Å². The number of thiocarbonyl (C=S) groups is 1. The molecule has 0 radical (unpaired) electrons. The summed E-state index contributed by atoms with van der Waals surface area (Å²) in [5.41, 5.74) is 3.38. The Balaban J connectivity index is 1.63. The van der Waals surface area contributed by atoms with Crippen LogP contribution >= 0.6 is 23.8 Å². The van der Waals surface area contributed by atoms with Gasteiger partial charge < -0.3 is 10.6 Å². The molecule has 1 saturated carbocycles. The van der Waals surface area contributed by atoms with Crippen LogP contribution in [0.25, 0.3) is 0 Å². The maximum atomic E-state index is 13.3. The van der Waals surface area contributed by atoms with Crippen LogP contribution in [-0.2, 0) is 6.42 Å². The van der Waals surface area contributed by atoms with Crippen LogP contribution in [0.3, 0.4) is 0 Å². The number of hydrogen-bond acceptors (Lipinski definition) is 1. The number of halogens is 2. The van der Waals surface area contributed by atoms with Crippen molar-refractivity contribution >= 4 is 34.6 Å². The van der Waals surface area contributed by atoms with Crippen molar-refractivity contribution in [1.29, 1.82) is 0 Å². The van der Waals surface area contributed by atoms with Crippen LogP contribution in [0.4, 0.5) is 10.1 Å². The van der Waals surface area contributed by atoms with Crippen molar-refractivity contribution < 1.29 is 4.39 Å². The molecule has 3 rings (SSSR count). The van der Waals surface area contributed by atoms with Gasteiger partial charge in [-0.3, -0.25) is 0 Å². The summed E-state index contributed by atoms with van der Waals surface area (Å²) >= 11 is 11.4. The lowest BCUT2D eigenvalue weighted by molar-refractivity contribution is 0.362. The molecule has 1 aliphatic rings. The molecule has 0 aliphatic heterocycles. The highest BCUT2D eigenvalue weighted by molar-refractivity contribution is 7.80.